The Morgan fingerprint density at radius 1 is 1.45 bits per heavy atom. The van der Waals surface area contributed by atoms with E-state index in [-0.39, 0.29) is 5.91 Å². The van der Waals surface area contributed by atoms with E-state index >= 15 is 0 Å². The average Bonchev–Trinajstić information content (AvgIpc) is 2.41. The molecule has 20 heavy (non-hydrogen) atoms. The van der Waals surface area contributed by atoms with Crippen LogP contribution >= 0.6 is 11.6 Å². The number of rotatable bonds is 5. The zero-order valence-corrected chi connectivity index (χ0v) is 12.6. The molecular weight excluding hydrogens is 274 g/mol. The summed E-state index contributed by atoms with van der Waals surface area (Å²) in [6.45, 7) is 2.34. The van der Waals surface area contributed by atoms with E-state index < -0.39 is 0 Å². The average molecular weight is 296 g/mol. The number of hydrogen-bond donors (Lipinski definition) is 2. The number of nitrogens with one attached hydrogen (secondary N) is 2. The van der Waals surface area contributed by atoms with Gasteiger partial charge in [-0.3, -0.25) is 4.79 Å². The molecule has 4 nitrogen and oxygen atoms in total. The first kappa shape index (κ1) is 15.3. The predicted octanol–water partition coefficient (Wildman–Crippen LogP) is 2.35. The van der Waals surface area contributed by atoms with E-state index in [1.54, 1.807) is 12.1 Å². The molecule has 1 saturated heterocycles. The smallest absolute Gasteiger partial charge is 0.238 e. The summed E-state index contributed by atoms with van der Waals surface area (Å²) >= 11 is 5.88. The third-order valence-electron chi connectivity index (χ3n) is 3.70. The van der Waals surface area contributed by atoms with Crippen LogP contribution in [0.3, 0.4) is 0 Å². The van der Waals surface area contributed by atoms with Crippen molar-refractivity contribution >= 4 is 23.2 Å². The van der Waals surface area contributed by atoms with Gasteiger partial charge in [0.25, 0.3) is 0 Å². The molecule has 0 bridgehead atoms. The van der Waals surface area contributed by atoms with Crippen LogP contribution in [0.2, 0.25) is 5.02 Å². The van der Waals surface area contributed by atoms with E-state index in [4.69, 9.17) is 11.6 Å². The number of carbonyl (C=O) groups excluding carboxylic acids is 1. The van der Waals surface area contributed by atoms with Crippen molar-refractivity contribution in [1.29, 1.82) is 0 Å². The van der Waals surface area contributed by atoms with Crippen LogP contribution in [-0.4, -0.2) is 43.5 Å². The molecule has 1 heterocycles. The van der Waals surface area contributed by atoms with E-state index in [1.165, 1.54) is 19.3 Å². The Kier molecular flexibility index (Phi) is 5.83. The van der Waals surface area contributed by atoms with Crippen molar-refractivity contribution in [3.05, 3.63) is 29.3 Å². The molecule has 1 aliphatic heterocycles. The molecule has 0 aromatic heterocycles. The van der Waals surface area contributed by atoms with Gasteiger partial charge >= 0.3 is 0 Å². The second kappa shape index (κ2) is 7.62. The van der Waals surface area contributed by atoms with Crippen molar-refractivity contribution in [2.75, 3.05) is 32.0 Å². The number of benzene rings is 1. The molecule has 1 atom stereocenters. The van der Waals surface area contributed by atoms with Crippen LogP contribution < -0.4 is 10.6 Å². The second-order valence-corrected chi connectivity index (χ2v) is 5.76. The minimum atomic E-state index is -0.0364. The van der Waals surface area contributed by atoms with E-state index in [9.17, 15) is 4.79 Å². The van der Waals surface area contributed by atoms with Gasteiger partial charge in [0, 0.05) is 23.3 Å². The number of carbonyl (C=O) groups is 1. The van der Waals surface area contributed by atoms with E-state index in [0.29, 0.717) is 17.6 Å². The Balaban J connectivity index is 1.70. The Bertz CT molecular complexity index is 452. The van der Waals surface area contributed by atoms with Crippen LogP contribution in [0.1, 0.15) is 19.3 Å². The fourth-order valence-corrected chi connectivity index (χ4v) is 2.72. The maximum absolute atomic E-state index is 11.8. The first-order chi connectivity index (χ1) is 9.65. The highest BCUT2D eigenvalue weighted by Gasteiger charge is 2.18. The standard InChI is InChI=1S/C15H22ClN3O/c1-19-8-3-2-7-14(19)10-17-11-15(20)18-13-6-4-5-12(16)9-13/h4-6,9,14,17H,2-3,7-8,10-11H2,1H3,(H,18,20). The molecule has 110 valence electrons. The van der Waals surface area contributed by atoms with E-state index in [0.717, 1.165) is 18.8 Å². The second-order valence-electron chi connectivity index (χ2n) is 5.32. The highest BCUT2D eigenvalue weighted by Crippen LogP contribution is 2.15. The molecular formula is C15H22ClN3O. The summed E-state index contributed by atoms with van der Waals surface area (Å²) in [5, 5.41) is 6.69. The van der Waals surface area contributed by atoms with E-state index in [1.807, 2.05) is 12.1 Å². The van der Waals surface area contributed by atoms with Crippen LogP contribution in [-0.2, 0) is 4.79 Å². The number of likely N-dealkylation sites (N-methyl/N-ethyl adjacent to an activating group) is 1. The zero-order chi connectivity index (χ0) is 14.4. The Labute approximate surface area is 125 Å². The topological polar surface area (TPSA) is 44.4 Å². The summed E-state index contributed by atoms with van der Waals surface area (Å²) in [7, 11) is 2.15. The van der Waals surface area contributed by atoms with Gasteiger partial charge in [-0.15, -0.1) is 0 Å². The SMILES string of the molecule is CN1CCCCC1CNCC(=O)Nc1cccc(Cl)c1. The minimum absolute atomic E-state index is 0.0364. The first-order valence-electron chi connectivity index (χ1n) is 7.11. The van der Waals surface area contributed by atoms with Crippen LogP contribution in [0, 0.1) is 0 Å². The number of likely N-dealkylation sites (tertiary alicyclic amines) is 1. The summed E-state index contributed by atoms with van der Waals surface area (Å²) < 4.78 is 0. The van der Waals surface area contributed by atoms with Crippen molar-refractivity contribution in [3.8, 4) is 0 Å². The van der Waals surface area contributed by atoms with Gasteiger partial charge in [-0.25, -0.2) is 0 Å². The maximum Gasteiger partial charge on any atom is 0.238 e. The number of anilines is 1. The summed E-state index contributed by atoms with van der Waals surface area (Å²) in [6, 6.07) is 7.73. The lowest BCUT2D eigenvalue weighted by molar-refractivity contribution is -0.115. The monoisotopic (exact) mass is 295 g/mol. The third-order valence-corrected chi connectivity index (χ3v) is 3.93. The van der Waals surface area contributed by atoms with Gasteiger partial charge in [0.1, 0.15) is 0 Å². The molecule has 1 unspecified atom stereocenters. The Morgan fingerprint density at radius 3 is 3.05 bits per heavy atom. The van der Waals surface area contributed by atoms with Crippen LogP contribution in [0.4, 0.5) is 5.69 Å². The summed E-state index contributed by atoms with van der Waals surface area (Å²) in [5.74, 6) is -0.0364. The molecule has 0 radical (unpaired) electrons. The maximum atomic E-state index is 11.8. The van der Waals surface area contributed by atoms with E-state index in [2.05, 4.69) is 22.6 Å². The van der Waals surface area contributed by atoms with Crippen molar-refractivity contribution in [2.45, 2.75) is 25.3 Å². The molecule has 2 rings (SSSR count). The molecule has 1 aromatic rings. The summed E-state index contributed by atoms with van der Waals surface area (Å²) in [6.07, 6.45) is 3.77. The molecule has 0 saturated carbocycles. The number of piperidine rings is 1. The normalized spacial score (nSPS) is 19.8. The minimum Gasteiger partial charge on any atom is -0.325 e. The van der Waals surface area contributed by atoms with Gasteiger partial charge in [-0.1, -0.05) is 24.1 Å². The number of nitrogens with zero attached hydrogens (tertiary/aromatic N) is 1. The Morgan fingerprint density at radius 2 is 2.30 bits per heavy atom. The number of amides is 1. The highest BCUT2D eigenvalue weighted by molar-refractivity contribution is 6.30. The summed E-state index contributed by atoms with van der Waals surface area (Å²) in [4.78, 5) is 14.2. The van der Waals surface area contributed by atoms with Crippen molar-refractivity contribution < 1.29 is 4.79 Å². The number of hydrogen-bond acceptors (Lipinski definition) is 3. The molecule has 0 aliphatic carbocycles. The Hall–Kier alpha value is -1.10. The van der Waals surface area contributed by atoms with Crippen LogP contribution in [0.15, 0.2) is 24.3 Å². The molecule has 0 spiro atoms. The lowest BCUT2D eigenvalue weighted by atomic mass is 10.0. The fourth-order valence-electron chi connectivity index (χ4n) is 2.53. The van der Waals surface area contributed by atoms with Gasteiger partial charge in [-0.2, -0.15) is 0 Å². The van der Waals surface area contributed by atoms with Gasteiger partial charge in [-0.05, 0) is 44.6 Å². The zero-order valence-electron chi connectivity index (χ0n) is 11.9. The van der Waals surface area contributed by atoms with Crippen LogP contribution in [0.5, 0.6) is 0 Å². The molecule has 1 amide bonds. The quantitative estimate of drug-likeness (QED) is 0.876. The molecule has 1 aliphatic rings. The lowest BCUT2D eigenvalue weighted by Crippen LogP contribution is -2.44. The van der Waals surface area contributed by atoms with Gasteiger partial charge in [0.2, 0.25) is 5.91 Å². The summed E-state index contributed by atoms with van der Waals surface area (Å²) in [5.41, 5.74) is 0.735. The van der Waals surface area contributed by atoms with Crippen LogP contribution in [0.25, 0.3) is 0 Å². The molecule has 2 N–H and O–H groups in total. The molecule has 1 aromatic carbocycles. The fraction of sp³-hybridized carbons (Fsp3) is 0.533. The lowest BCUT2D eigenvalue weighted by Gasteiger charge is -2.32. The largest absolute Gasteiger partial charge is 0.325 e. The van der Waals surface area contributed by atoms with Crippen molar-refractivity contribution in [1.82, 2.24) is 10.2 Å². The van der Waals surface area contributed by atoms with Crippen molar-refractivity contribution in [2.24, 2.45) is 0 Å². The predicted molar refractivity (Wildman–Crippen MR) is 83.2 cm³/mol. The molecule has 5 heteroatoms. The third kappa shape index (κ3) is 4.78. The van der Waals surface area contributed by atoms with Gasteiger partial charge in [0.05, 0.1) is 6.54 Å². The van der Waals surface area contributed by atoms with Gasteiger partial charge < -0.3 is 15.5 Å². The molecule has 1 fully saturated rings. The van der Waals surface area contributed by atoms with Gasteiger partial charge in [0.15, 0.2) is 0 Å². The first-order valence-corrected chi connectivity index (χ1v) is 7.49. The number of halogens is 1. The highest BCUT2D eigenvalue weighted by atomic mass is 35.5. The van der Waals surface area contributed by atoms with Crippen molar-refractivity contribution in [3.63, 3.8) is 0 Å².